The molecule has 102 valence electrons. The molecule has 0 saturated heterocycles. The van der Waals surface area contributed by atoms with Gasteiger partial charge in [-0.3, -0.25) is 4.39 Å². The van der Waals surface area contributed by atoms with E-state index in [1.165, 1.54) is 0 Å². The largest absolute Gasteiger partial charge is 0.493 e. The van der Waals surface area contributed by atoms with E-state index >= 15 is 0 Å². The van der Waals surface area contributed by atoms with Crippen molar-refractivity contribution in [2.45, 2.75) is 18.8 Å². The van der Waals surface area contributed by atoms with Gasteiger partial charge in [-0.1, -0.05) is 11.6 Å². The molecule has 0 heterocycles. The molecule has 0 aliphatic heterocycles. The van der Waals surface area contributed by atoms with Gasteiger partial charge in [0.25, 0.3) is 0 Å². The summed E-state index contributed by atoms with van der Waals surface area (Å²) in [5.74, 6) is 1.82. The van der Waals surface area contributed by atoms with E-state index in [9.17, 15) is 4.39 Å². The van der Waals surface area contributed by atoms with E-state index in [0.29, 0.717) is 36.4 Å². The number of alkyl halides is 1. The Bertz CT molecular complexity index is 389. The fourth-order valence-electron chi connectivity index (χ4n) is 2.07. The second-order valence-electron chi connectivity index (χ2n) is 4.41. The summed E-state index contributed by atoms with van der Waals surface area (Å²) in [7, 11) is 0. The molecular weight excluding hydrogens is 276 g/mol. The minimum Gasteiger partial charge on any atom is -0.493 e. The van der Waals surface area contributed by atoms with Crippen LogP contribution in [0.1, 0.15) is 24.3 Å². The molecule has 1 aliphatic rings. The van der Waals surface area contributed by atoms with Gasteiger partial charge in [0, 0.05) is 11.4 Å². The Balaban J connectivity index is 0.00000162. The first kappa shape index (κ1) is 15.5. The van der Waals surface area contributed by atoms with Crippen molar-refractivity contribution in [2.24, 2.45) is 11.7 Å². The second kappa shape index (κ2) is 7.17. The molecular formula is C13H18Cl2FNO. The summed E-state index contributed by atoms with van der Waals surface area (Å²) < 4.78 is 17.6. The van der Waals surface area contributed by atoms with Crippen LogP contribution in [0.4, 0.5) is 4.39 Å². The molecule has 5 heteroatoms. The quantitative estimate of drug-likeness (QED) is 0.814. The Morgan fingerprint density at radius 1 is 1.44 bits per heavy atom. The summed E-state index contributed by atoms with van der Waals surface area (Å²) in [6.45, 7) is 0.754. The van der Waals surface area contributed by atoms with Gasteiger partial charge in [-0.05, 0) is 48.6 Å². The van der Waals surface area contributed by atoms with Crippen LogP contribution in [-0.2, 0) is 0 Å². The molecule has 0 bridgehead atoms. The van der Waals surface area contributed by atoms with Gasteiger partial charge in [0.05, 0.1) is 13.3 Å². The fourth-order valence-corrected chi connectivity index (χ4v) is 2.25. The molecule has 0 unspecified atom stereocenters. The summed E-state index contributed by atoms with van der Waals surface area (Å²) in [5.41, 5.74) is 6.77. The van der Waals surface area contributed by atoms with Crippen LogP contribution < -0.4 is 10.5 Å². The van der Waals surface area contributed by atoms with Gasteiger partial charge in [-0.2, -0.15) is 0 Å². The topological polar surface area (TPSA) is 35.2 Å². The van der Waals surface area contributed by atoms with Gasteiger partial charge in [0.1, 0.15) is 5.75 Å². The first-order valence-electron chi connectivity index (χ1n) is 5.94. The van der Waals surface area contributed by atoms with Gasteiger partial charge >= 0.3 is 0 Å². The summed E-state index contributed by atoms with van der Waals surface area (Å²) >= 11 is 5.99. The van der Waals surface area contributed by atoms with Crippen LogP contribution in [0.25, 0.3) is 0 Å². The van der Waals surface area contributed by atoms with Crippen LogP contribution in [-0.4, -0.2) is 19.8 Å². The highest BCUT2D eigenvalue weighted by atomic mass is 35.5. The minimum atomic E-state index is -0.349. The molecule has 0 aromatic heterocycles. The predicted molar refractivity (Wildman–Crippen MR) is 74.7 cm³/mol. The smallest absolute Gasteiger partial charge is 0.122 e. The maximum Gasteiger partial charge on any atom is 0.122 e. The predicted octanol–water partition coefficient (Wildman–Crippen LogP) is 3.56. The molecule has 18 heavy (non-hydrogen) atoms. The van der Waals surface area contributed by atoms with Crippen LogP contribution in [0.2, 0.25) is 5.02 Å². The van der Waals surface area contributed by atoms with Crippen LogP contribution in [0.15, 0.2) is 18.2 Å². The van der Waals surface area contributed by atoms with Crippen molar-refractivity contribution in [3.05, 3.63) is 28.8 Å². The van der Waals surface area contributed by atoms with Crippen molar-refractivity contribution in [1.29, 1.82) is 0 Å². The number of hydrogen-bond donors (Lipinski definition) is 1. The lowest BCUT2D eigenvalue weighted by molar-refractivity contribution is 0.287. The number of halogens is 3. The third-order valence-corrected chi connectivity index (χ3v) is 3.37. The van der Waals surface area contributed by atoms with Crippen molar-refractivity contribution >= 4 is 24.0 Å². The van der Waals surface area contributed by atoms with Crippen LogP contribution >= 0.6 is 24.0 Å². The zero-order valence-corrected chi connectivity index (χ0v) is 11.6. The van der Waals surface area contributed by atoms with Gasteiger partial charge < -0.3 is 10.5 Å². The molecule has 1 saturated carbocycles. The third kappa shape index (κ3) is 3.74. The highest BCUT2D eigenvalue weighted by molar-refractivity contribution is 6.30. The molecule has 2 atom stereocenters. The van der Waals surface area contributed by atoms with E-state index in [1.807, 2.05) is 12.1 Å². The van der Waals surface area contributed by atoms with E-state index in [4.69, 9.17) is 22.1 Å². The van der Waals surface area contributed by atoms with Gasteiger partial charge in [0.15, 0.2) is 0 Å². The van der Waals surface area contributed by atoms with E-state index in [-0.39, 0.29) is 19.1 Å². The summed E-state index contributed by atoms with van der Waals surface area (Å²) in [5, 5.41) is 0.709. The standard InChI is InChI=1S/C13H17ClFNO.ClH/c14-10-2-3-13(17-5-1-4-15)12(7-10)11-6-9(11)8-16;/h2-3,7,9,11H,1,4-6,8,16H2;1H/t9-,11+;/m0./s1. The normalized spacial score (nSPS) is 21.3. The first-order chi connectivity index (χ1) is 8.26. The fraction of sp³-hybridized carbons (Fsp3) is 0.538. The molecule has 1 fully saturated rings. The van der Waals surface area contributed by atoms with Gasteiger partial charge in [0.2, 0.25) is 0 Å². The van der Waals surface area contributed by atoms with E-state index in [0.717, 1.165) is 17.7 Å². The minimum absolute atomic E-state index is 0. The second-order valence-corrected chi connectivity index (χ2v) is 4.85. The number of benzene rings is 1. The molecule has 1 aromatic rings. The monoisotopic (exact) mass is 293 g/mol. The maximum atomic E-state index is 12.0. The zero-order chi connectivity index (χ0) is 12.3. The Morgan fingerprint density at radius 3 is 2.83 bits per heavy atom. The molecule has 0 amide bonds. The first-order valence-corrected chi connectivity index (χ1v) is 6.32. The van der Waals surface area contributed by atoms with Crippen LogP contribution in [0, 0.1) is 5.92 Å². The van der Waals surface area contributed by atoms with Gasteiger partial charge in [-0.15, -0.1) is 12.4 Å². The highest BCUT2D eigenvalue weighted by Crippen LogP contribution is 2.50. The Kier molecular flexibility index (Phi) is 6.19. The van der Waals surface area contributed by atoms with E-state index in [2.05, 4.69) is 0 Å². The zero-order valence-electron chi connectivity index (χ0n) is 10.1. The molecule has 2 rings (SSSR count). The van der Waals surface area contributed by atoms with Crippen LogP contribution in [0.3, 0.4) is 0 Å². The summed E-state index contributed by atoms with van der Waals surface area (Å²) in [6.07, 6.45) is 1.52. The molecule has 0 radical (unpaired) electrons. The number of hydrogen-bond acceptors (Lipinski definition) is 2. The van der Waals surface area contributed by atoms with Crippen molar-refractivity contribution in [3.8, 4) is 5.75 Å². The molecule has 2 N–H and O–H groups in total. The highest BCUT2D eigenvalue weighted by Gasteiger charge is 2.38. The molecule has 1 aromatic carbocycles. The van der Waals surface area contributed by atoms with Crippen molar-refractivity contribution < 1.29 is 9.13 Å². The average Bonchev–Trinajstić information content (AvgIpc) is 3.10. The lowest BCUT2D eigenvalue weighted by Gasteiger charge is -2.11. The van der Waals surface area contributed by atoms with E-state index in [1.54, 1.807) is 6.07 Å². The summed E-state index contributed by atoms with van der Waals surface area (Å²) in [6, 6.07) is 5.60. The van der Waals surface area contributed by atoms with Crippen LogP contribution in [0.5, 0.6) is 5.75 Å². The third-order valence-electron chi connectivity index (χ3n) is 3.13. The SMILES string of the molecule is Cl.NC[C@@H]1C[C@H]1c1cc(Cl)ccc1OCCCF. The number of ether oxygens (including phenoxy) is 1. The van der Waals surface area contributed by atoms with Gasteiger partial charge in [-0.25, -0.2) is 0 Å². The number of rotatable bonds is 6. The summed E-state index contributed by atoms with van der Waals surface area (Å²) in [4.78, 5) is 0. The van der Waals surface area contributed by atoms with Crippen molar-refractivity contribution in [1.82, 2.24) is 0 Å². The number of nitrogens with two attached hydrogens (primary N) is 1. The van der Waals surface area contributed by atoms with Crippen molar-refractivity contribution in [2.75, 3.05) is 19.8 Å². The lowest BCUT2D eigenvalue weighted by atomic mass is 10.1. The Morgan fingerprint density at radius 2 is 2.22 bits per heavy atom. The maximum absolute atomic E-state index is 12.0. The Hall–Kier alpha value is -0.510. The van der Waals surface area contributed by atoms with E-state index < -0.39 is 0 Å². The molecule has 2 nitrogen and oxygen atoms in total. The Labute approximate surface area is 118 Å². The average molecular weight is 294 g/mol. The molecule has 1 aliphatic carbocycles. The lowest BCUT2D eigenvalue weighted by Crippen LogP contribution is -2.04. The molecule has 0 spiro atoms. The van der Waals surface area contributed by atoms with Crippen molar-refractivity contribution in [3.63, 3.8) is 0 Å².